The molecular formula is C38H79N. The van der Waals surface area contributed by atoms with Crippen LogP contribution < -0.4 is 5.73 Å². The molecule has 1 heteroatoms. The molecule has 39 heavy (non-hydrogen) atoms. The Bertz CT molecular complexity index is 371. The lowest BCUT2D eigenvalue weighted by Crippen LogP contribution is -2.31. The van der Waals surface area contributed by atoms with E-state index in [-0.39, 0.29) is 0 Å². The van der Waals surface area contributed by atoms with E-state index >= 15 is 0 Å². The van der Waals surface area contributed by atoms with E-state index in [1.54, 1.807) is 0 Å². The van der Waals surface area contributed by atoms with Gasteiger partial charge in [0.25, 0.3) is 0 Å². The average molecular weight is 550 g/mol. The third-order valence-electron chi connectivity index (χ3n) is 9.61. The van der Waals surface area contributed by atoms with Crippen LogP contribution in [0.3, 0.4) is 0 Å². The minimum Gasteiger partial charge on any atom is -0.330 e. The SMILES string of the molecule is CCCCCCCCCCCCC(CN)(CCCCCCCCCCCC)CCCCCCCCCCCC. The summed E-state index contributed by atoms with van der Waals surface area (Å²) in [6.45, 7) is 7.87. The summed E-state index contributed by atoms with van der Waals surface area (Å²) in [5.41, 5.74) is 7.01. The van der Waals surface area contributed by atoms with Crippen LogP contribution in [-0.4, -0.2) is 6.54 Å². The van der Waals surface area contributed by atoms with E-state index in [0.717, 1.165) is 6.54 Å². The lowest BCUT2D eigenvalue weighted by Gasteiger charge is -2.33. The molecule has 0 spiro atoms. The minimum atomic E-state index is 0.445. The zero-order chi connectivity index (χ0) is 28.5. The minimum absolute atomic E-state index is 0.445. The van der Waals surface area contributed by atoms with E-state index in [2.05, 4.69) is 20.8 Å². The Morgan fingerprint density at radius 2 is 0.462 bits per heavy atom. The van der Waals surface area contributed by atoms with E-state index in [9.17, 15) is 0 Å². The Morgan fingerprint density at radius 1 is 0.282 bits per heavy atom. The Kier molecular flexibility index (Phi) is 32.4. The van der Waals surface area contributed by atoms with Gasteiger partial charge in [-0.25, -0.2) is 0 Å². The van der Waals surface area contributed by atoms with Crippen LogP contribution in [0.5, 0.6) is 0 Å². The molecule has 0 fully saturated rings. The summed E-state index contributed by atoms with van der Waals surface area (Å²) in [6, 6.07) is 0. The first kappa shape index (κ1) is 39.0. The second-order valence-corrected chi connectivity index (χ2v) is 13.5. The molecule has 0 unspecified atom stereocenters. The predicted molar refractivity (Wildman–Crippen MR) is 181 cm³/mol. The van der Waals surface area contributed by atoms with E-state index in [4.69, 9.17) is 5.73 Å². The van der Waals surface area contributed by atoms with E-state index in [1.165, 1.54) is 212 Å². The maximum Gasteiger partial charge on any atom is -0.00205 e. The normalized spacial score (nSPS) is 12.0. The standard InChI is InChI=1S/C38H79N/c1-4-7-10-13-16-19-22-25-28-31-34-38(37-39,35-32-29-26-23-20-17-14-11-8-5-2)36-33-30-27-24-21-18-15-12-9-6-3/h4-37,39H2,1-3H3. The molecule has 0 heterocycles. The lowest BCUT2D eigenvalue weighted by atomic mass is 9.74. The topological polar surface area (TPSA) is 26.0 Å². The molecule has 0 aliphatic rings. The van der Waals surface area contributed by atoms with Crippen LogP contribution in [-0.2, 0) is 0 Å². The Balaban J connectivity index is 4.22. The molecule has 1 nitrogen and oxygen atoms in total. The molecule has 0 aromatic carbocycles. The number of nitrogens with two attached hydrogens (primary N) is 1. The van der Waals surface area contributed by atoms with Crippen LogP contribution >= 0.6 is 0 Å². The van der Waals surface area contributed by atoms with Gasteiger partial charge in [0, 0.05) is 0 Å². The number of hydrogen-bond donors (Lipinski definition) is 1. The zero-order valence-electron chi connectivity index (χ0n) is 28.1. The quantitative estimate of drug-likeness (QED) is 0.0793. The summed E-state index contributed by atoms with van der Waals surface area (Å²) in [6.07, 6.45) is 47.4. The maximum atomic E-state index is 6.57. The van der Waals surface area contributed by atoms with Crippen molar-refractivity contribution in [2.45, 2.75) is 233 Å². The Morgan fingerprint density at radius 3 is 0.641 bits per heavy atom. The van der Waals surface area contributed by atoms with Crippen molar-refractivity contribution >= 4 is 0 Å². The number of unbranched alkanes of at least 4 members (excludes halogenated alkanes) is 27. The van der Waals surface area contributed by atoms with E-state index in [0.29, 0.717) is 5.41 Å². The monoisotopic (exact) mass is 550 g/mol. The maximum absolute atomic E-state index is 6.57. The first-order valence-corrected chi connectivity index (χ1v) is 18.9. The molecule has 2 N–H and O–H groups in total. The van der Waals surface area contributed by atoms with Gasteiger partial charge in [0.05, 0.1) is 0 Å². The molecule has 236 valence electrons. The molecule has 0 saturated carbocycles. The molecule has 0 aliphatic carbocycles. The van der Waals surface area contributed by atoms with Crippen LogP contribution in [0.15, 0.2) is 0 Å². The molecular weight excluding hydrogens is 470 g/mol. The first-order chi connectivity index (χ1) is 19.2. The highest BCUT2D eigenvalue weighted by Gasteiger charge is 2.27. The highest BCUT2D eigenvalue weighted by molar-refractivity contribution is 4.81. The van der Waals surface area contributed by atoms with Gasteiger partial charge in [-0.1, -0.05) is 213 Å². The van der Waals surface area contributed by atoms with Gasteiger partial charge >= 0.3 is 0 Å². The van der Waals surface area contributed by atoms with E-state index in [1.807, 2.05) is 0 Å². The predicted octanol–water partition coefficient (Wildman–Crippen LogP) is 13.9. The van der Waals surface area contributed by atoms with Gasteiger partial charge in [-0.2, -0.15) is 0 Å². The van der Waals surface area contributed by atoms with Crippen molar-refractivity contribution in [2.75, 3.05) is 6.54 Å². The van der Waals surface area contributed by atoms with Crippen molar-refractivity contribution in [1.82, 2.24) is 0 Å². The first-order valence-electron chi connectivity index (χ1n) is 18.9. The summed E-state index contributed by atoms with van der Waals surface area (Å²) in [5, 5.41) is 0. The molecule has 0 saturated heterocycles. The van der Waals surface area contributed by atoms with Gasteiger partial charge in [0.1, 0.15) is 0 Å². The summed E-state index contributed by atoms with van der Waals surface area (Å²) in [4.78, 5) is 0. The highest BCUT2D eigenvalue weighted by Crippen LogP contribution is 2.36. The van der Waals surface area contributed by atoms with Gasteiger partial charge in [-0.05, 0) is 31.2 Å². The number of rotatable bonds is 34. The van der Waals surface area contributed by atoms with Crippen molar-refractivity contribution in [2.24, 2.45) is 11.1 Å². The largest absolute Gasteiger partial charge is 0.330 e. The van der Waals surface area contributed by atoms with Gasteiger partial charge in [-0.3, -0.25) is 0 Å². The fourth-order valence-corrected chi connectivity index (χ4v) is 6.64. The summed E-state index contributed by atoms with van der Waals surface area (Å²) < 4.78 is 0. The highest BCUT2D eigenvalue weighted by atomic mass is 14.6. The lowest BCUT2D eigenvalue weighted by molar-refractivity contribution is 0.204. The van der Waals surface area contributed by atoms with Crippen molar-refractivity contribution in [1.29, 1.82) is 0 Å². The van der Waals surface area contributed by atoms with Crippen LogP contribution in [0.2, 0.25) is 0 Å². The summed E-state index contributed by atoms with van der Waals surface area (Å²) in [7, 11) is 0. The van der Waals surface area contributed by atoms with Crippen LogP contribution in [0.4, 0.5) is 0 Å². The van der Waals surface area contributed by atoms with Crippen molar-refractivity contribution < 1.29 is 0 Å². The fraction of sp³-hybridized carbons (Fsp3) is 1.00. The van der Waals surface area contributed by atoms with Gasteiger partial charge in [-0.15, -0.1) is 0 Å². The van der Waals surface area contributed by atoms with Crippen molar-refractivity contribution in [3.8, 4) is 0 Å². The van der Waals surface area contributed by atoms with E-state index < -0.39 is 0 Å². The zero-order valence-corrected chi connectivity index (χ0v) is 28.1. The average Bonchev–Trinajstić information content (AvgIpc) is 2.95. The third-order valence-corrected chi connectivity index (χ3v) is 9.61. The number of hydrogen-bond acceptors (Lipinski definition) is 1. The van der Waals surface area contributed by atoms with Gasteiger partial charge in [0.15, 0.2) is 0 Å². The molecule has 0 rings (SSSR count). The van der Waals surface area contributed by atoms with Crippen molar-refractivity contribution in [3.05, 3.63) is 0 Å². The summed E-state index contributed by atoms with van der Waals surface area (Å²) >= 11 is 0. The summed E-state index contributed by atoms with van der Waals surface area (Å²) in [5.74, 6) is 0. The molecule has 0 radical (unpaired) electrons. The van der Waals surface area contributed by atoms with Gasteiger partial charge in [0.2, 0.25) is 0 Å². The van der Waals surface area contributed by atoms with Crippen molar-refractivity contribution in [3.63, 3.8) is 0 Å². The van der Waals surface area contributed by atoms with Crippen LogP contribution in [0, 0.1) is 5.41 Å². The molecule has 0 aromatic heterocycles. The Hall–Kier alpha value is -0.0400. The fourth-order valence-electron chi connectivity index (χ4n) is 6.64. The molecule has 0 aliphatic heterocycles. The molecule has 0 amide bonds. The van der Waals surface area contributed by atoms with Gasteiger partial charge < -0.3 is 5.73 Å². The molecule has 0 bridgehead atoms. The Labute approximate surface area is 250 Å². The second-order valence-electron chi connectivity index (χ2n) is 13.5. The molecule has 0 atom stereocenters. The van der Waals surface area contributed by atoms with Crippen LogP contribution in [0.25, 0.3) is 0 Å². The third kappa shape index (κ3) is 27.9. The van der Waals surface area contributed by atoms with Crippen LogP contribution in [0.1, 0.15) is 233 Å². The second kappa shape index (κ2) is 32.5. The molecule has 0 aromatic rings. The smallest absolute Gasteiger partial charge is 0.00205 e.